The molecule has 0 spiro atoms. The predicted octanol–water partition coefficient (Wildman–Crippen LogP) is 2.37. The van der Waals surface area contributed by atoms with Crippen molar-refractivity contribution < 1.29 is 9.53 Å². The molecule has 1 atom stereocenters. The largest absolute Gasteiger partial charge is 0.379 e. The van der Waals surface area contributed by atoms with Crippen molar-refractivity contribution in [2.24, 2.45) is 5.92 Å². The lowest BCUT2D eigenvalue weighted by Crippen LogP contribution is -2.36. The van der Waals surface area contributed by atoms with Crippen molar-refractivity contribution >= 4 is 5.91 Å². The average molecular weight is 316 g/mol. The number of carbonyl (C=O) groups excluding carboxylic acids is 1. The Morgan fingerprint density at radius 1 is 1.30 bits per heavy atom. The molecular weight excluding hydrogens is 292 g/mol. The van der Waals surface area contributed by atoms with Crippen LogP contribution in [0.4, 0.5) is 0 Å². The van der Waals surface area contributed by atoms with Crippen molar-refractivity contribution in [3.05, 3.63) is 42.0 Å². The van der Waals surface area contributed by atoms with Gasteiger partial charge in [-0.2, -0.15) is 5.10 Å². The number of nitrogens with zero attached hydrogens (tertiary/aromatic N) is 3. The molecule has 0 aliphatic rings. The van der Waals surface area contributed by atoms with E-state index in [9.17, 15) is 4.79 Å². The molecule has 0 saturated carbocycles. The normalized spacial score (nSPS) is 12.4. The van der Waals surface area contributed by atoms with Gasteiger partial charge in [0.1, 0.15) is 12.7 Å². The second kappa shape index (κ2) is 7.87. The number of nitrogens with one attached hydrogen (secondary N) is 1. The van der Waals surface area contributed by atoms with Gasteiger partial charge in [-0.05, 0) is 43.5 Å². The minimum atomic E-state index is -0.0895. The maximum Gasteiger partial charge on any atom is 0.251 e. The summed E-state index contributed by atoms with van der Waals surface area (Å²) in [5, 5.41) is 7.05. The zero-order valence-corrected chi connectivity index (χ0v) is 14.1. The molecule has 0 saturated heterocycles. The highest BCUT2D eigenvalue weighted by molar-refractivity contribution is 5.96. The molecule has 0 aliphatic carbocycles. The highest BCUT2D eigenvalue weighted by Crippen LogP contribution is 2.14. The number of ether oxygens (including phenoxy) is 1. The molecule has 1 aromatic heterocycles. The fraction of sp³-hybridized carbons (Fsp3) is 0.471. The summed E-state index contributed by atoms with van der Waals surface area (Å²) in [4.78, 5) is 16.3. The number of hydrogen-bond donors (Lipinski definition) is 1. The van der Waals surface area contributed by atoms with Gasteiger partial charge in [0, 0.05) is 18.2 Å². The molecule has 6 nitrogen and oxygen atoms in total. The van der Waals surface area contributed by atoms with E-state index in [0.29, 0.717) is 24.7 Å². The number of hydrogen-bond acceptors (Lipinski definition) is 4. The Morgan fingerprint density at radius 2 is 2.09 bits per heavy atom. The zero-order valence-electron chi connectivity index (χ0n) is 14.1. The van der Waals surface area contributed by atoms with Gasteiger partial charge < -0.3 is 10.1 Å². The van der Waals surface area contributed by atoms with Crippen LogP contribution in [0.1, 0.15) is 36.7 Å². The maximum atomic E-state index is 12.4. The van der Waals surface area contributed by atoms with Crippen molar-refractivity contribution in [2.45, 2.75) is 33.7 Å². The molecule has 0 bridgehead atoms. The lowest BCUT2D eigenvalue weighted by molar-refractivity contribution is 0.0791. The smallest absolute Gasteiger partial charge is 0.251 e. The van der Waals surface area contributed by atoms with Gasteiger partial charge in [0.2, 0.25) is 0 Å². The van der Waals surface area contributed by atoms with Crippen LogP contribution in [0.2, 0.25) is 0 Å². The molecule has 1 aromatic carbocycles. The van der Waals surface area contributed by atoms with E-state index < -0.39 is 0 Å². The van der Waals surface area contributed by atoms with Crippen LogP contribution < -0.4 is 5.32 Å². The van der Waals surface area contributed by atoms with Gasteiger partial charge in [-0.25, -0.2) is 9.67 Å². The summed E-state index contributed by atoms with van der Waals surface area (Å²) in [5.74, 6) is 0.401. The number of carbonyl (C=O) groups is 1. The number of aromatic nitrogens is 3. The molecule has 1 amide bonds. The van der Waals surface area contributed by atoms with E-state index in [-0.39, 0.29) is 11.9 Å². The molecule has 1 N–H and O–H groups in total. The Morgan fingerprint density at radius 3 is 2.70 bits per heavy atom. The van der Waals surface area contributed by atoms with E-state index >= 15 is 0 Å². The molecule has 2 aromatic rings. The standard InChI is InChI=1S/C17H24N4O2/c1-12(2)8-23-9-14(4)20-17(22)16-6-5-15(7-13(16)3)21-11-18-10-19-21/h5-7,10-12,14H,8-9H2,1-4H3,(H,20,22)/t14-/m0/s1. The summed E-state index contributed by atoms with van der Waals surface area (Å²) in [7, 11) is 0. The quantitative estimate of drug-likeness (QED) is 0.851. The number of aryl methyl sites for hydroxylation is 1. The summed E-state index contributed by atoms with van der Waals surface area (Å²) in [6, 6.07) is 5.55. The van der Waals surface area contributed by atoms with Crippen molar-refractivity contribution in [1.82, 2.24) is 20.1 Å². The van der Waals surface area contributed by atoms with Gasteiger partial charge in [-0.15, -0.1) is 0 Å². The average Bonchev–Trinajstić information content (AvgIpc) is 3.00. The van der Waals surface area contributed by atoms with Crippen LogP contribution in [0.25, 0.3) is 5.69 Å². The Bertz CT molecular complexity index is 638. The van der Waals surface area contributed by atoms with Crippen LogP contribution in [0.5, 0.6) is 0 Å². The molecule has 1 heterocycles. The topological polar surface area (TPSA) is 69.0 Å². The third-order valence-corrected chi connectivity index (χ3v) is 3.33. The number of benzene rings is 1. The van der Waals surface area contributed by atoms with Crippen LogP contribution in [0.15, 0.2) is 30.9 Å². The Balaban J connectivity index is 1.97. The third kappa shape index (κ3) is 4.89. The molecule has 0 fully saturated rings. The van der Waals surface area contributed by atoms with Crippen LogP contribution in [-0.4, -0.2) is 39.9 Å². The molecule has 6 heteroatoms. The lowest BCUT2D eigenvalue weighted by atomic mass is 10.1. The fourth-order valence-corrected chi connectivity index (χ4v) is 2.21. The Labute approximate surface area is 136 Å². The molecular formula is C17H24N4O2. The minimum absolute atomic E-state index is 0.0318. The molecule has 0 radical (unpaired) electrons. The highest BCUT2D eigenvalue weighted by atomic mass is 16.5. The molecule has 0 aliphatic heterocycles. The van der Waals surface area contributed by atoms with Gasteiger partial charge in [0.25, 0.3) is 5.91 Å². The zero-order chi connectivity index (χ0) is 16.8. The van der Waals surface area contributed by atoms with Gasteiger partial charge in [0.15, 0.2) is 0 Å². The first kappa shape index (κ1) is 17.1. The maximum absolute atomic E-state index is 12.4. The molecule has 23 heavy (non-hydrogen) atoms. The predicted molar refractivity (Wildman–Crippen MR) is 88.7 cm³/mol. The molecule has 0 unspecified atom stereocenters. The number of rotatable bonds is 7. The summed E-state index contributed by atoms with van der Waals surface area (Å²) in [5.41, 5.74) is 2.43. The minimum Gasteiger partial charge on any atom is -0.379 e. The third-order valence-electron chi connectivity index (χ3n) is 3.33. The van der Waals surface area contributed by atoms with Crippen LogP contribution in [0.3, 0.4) is 0 Å². The summed E-state index contributed by atoms with van der Waals surface area (Å²) in [6.45, 7) is 9.27. The van der Waals surface area contributed by atoms with Gasteiger partial charge in [0.05, 0.1) is 12.3 Å². The van der Waals surface area contributed by atoms with E-state index in [4.69, 9.17) is 4.74 Å². The van der Waals surface area contributed by atoms with Crippen LogP contribution in [0, 0.1) is 12.8 Å². The number of amides is 1. The van der Waals surface area contributed by atoms with Crippen molar-refractivity contribution in [3.8, 4) is 5.69 Å². The summed E-state index contributed by atoms with van der Waals surface area (Å²) < 4.78 is 7.22. The fourth-order valence-electron chi connectivity index (χ4n) is 2.21. The van der Waals surface area contributed by atoms with E-state index in [1.807, 2.05) is 32.0 Å². The van der Waals surface area contributed by atoms with E-state index in [1.54, 1.807) is 11.0 Å². The Hall–Kier alpha value is -2.21. The first-order valence-electron chi connectivity index (χ1n) is 7.81. The SMILES string of the molecule is Cc1cc(-n2cncn2)ccc1C(=O)N[C@@H](C)COCC(C)C. The highest BCUT2D eigenvalue weighted by Gasteiger charge is 2.13. The van der Waals surface area contributed by atoms with Gasteiger partial charge in [-0.1, -0.05) is 13.8 Å². The van der Waals surface area contributed by atoms with Crippen LogP contribution >= 0.6 is 0 Å². The molecule has 124 valence electrons. The van der Waals surface area contributed by atoms with Crippen molar-refractivity contribution in [1.29, 1.82) is 0 Å². The monoisotopic (exact) mass is 316 g/mol. The van der Waals surface area contributed by atoms with Gasteiger partial charge in [-0.3, -0.25) is 4.79 Å². The summed E-state index contributed by atoms with van der Waals surface area (Å²) >= 11 is 0. The first-order chi connectivity index (χ1) is 11.0. The van der Waals surface area contributed by atoms with Gasteiger partial charge >= 0.3 is 0 Å². The second-order valence-electron chi connectivity index (χ2n) is 6.15. The van der Waals surface area contributed by atoms with Crippen molar-refractivity contribution in [2.75, 3.05) is 13.2 Å². The van der Waals surface area contributed by atoms with Crippen molar-refractivity contribution in [3.63, 3.8) is 0 Å². The summed E-state index contributed by atoms with van der Waals surface area (Å²) in [6.07, 6.45) is 3.11. The van der Waals surface area contributed by atoms with E-state index in [1.165, 1.54) is 6.33 Å². The van der Waals surface area contributed by atoms with Crippen LogP contribution in [-0.2, 0) is 4.74 Å². The van der Waals surface area contributed by atoms with E-state index in [0.717, 1.165) is 11.3 Å². The first-order valence-corrected chi connectivity index (χ1v) is 7.81. The second-order valence-corrected chi connectivity index (χ2v) is 6.15. The molecule has 2 rings (SSSR count). The van der Waals surface area contributed by atoms with E-state index in [2.05, 4.69) is 29.2 Å². The lowest BCUT2D eigenvalue weighted by Gasteiger charge is -2.16. The Kier molecular flexibility index (Phi) is 5.87.